The molecule has 0 spiro atoms. The van der Waals surface area contributed by atoms with Gasteiger partial charge in [-0.3, -0.25) is 0 Å². The monoisotopic (exact) mass is 264 g/mol. The summed E-state index contributed by atoms with van der Waals surface area (Å²) in [6.45, 7) is 0.760. The Bertz CT molecular complexity index is 484. The van der Waals surface area contributed by atoms with Crippen molar-refractivity contribution in [1.29, 1.82) is 0 Å². The lowest BCUT2D eigenvalue weighted by Crippen LogP contribution is -2.54. The van der Waals surface area contributed by atoms with Crippen LogP contribution in [0.2, 0.25) is 0 Å². The fraction of sp³-hybridized carbons (Fsp3) is 0.538. The highest BCUT2D eigenvalue weighted by Crippen LogP contribution is 2.36. The van der Waals surface area contributed by atoms with Crippen molar-refractivity contribution < 1.29 is 9.90 Å². The molecule has 1 fully saturated rings. The van der Waals surface area contributed by atoms with Crippen LogP contribution in [0.3, 0.4) is 0 Å². The number of carboxylic acids is 1. The van der Waals surface area contributed by atoms with Crippen LogP contribution in [0.25, 0.3) is 0 Å². The van der Waals surface area contributed by atoms with Crippen LogP contribution in [0.4, 0.5) is 11.5 Å². The molecule has 0 amide bonds. The fourth-order valence-corrected chi connectivity index (χ4v) is 2.37. The number of nitrogens with one attached hydrogen (secondary N) is 1. The molecular formula is C13H20N4O2. The number of aromatic nitrogens is 1. The zero-order valence-corrected chi connectivity index (χ0v) is 11.3. The second-order valence-electron chi connectivity index (χ2n) is 5.29. The van der Waals surface area contributed by atoms with Gasteiger partial charge in [0, 0.05) is 12.1 Å². The third-order valence-electron chi connectivity index (χ3n) is 4.00. The molecule has 1 aliphatic carbocycles. The maximum absolute atomic E-state index is 11.0. The molecule has 1 aromatic rings. The summed E-state index contributed by atoms with van der Waals surface area (Å²) < 4.78 is 0. The number of nitrogens with two attached hydrogens (primary N) is 1. The first kappa shape index (κ1) is 13.6. The first-order valence-electron chi connectivity index (χ1n) is 6.35. The van der Waals surface area contributed by atoms with E-state index in [-0.39, 0.29) is 16.8 Å². The number of carbonyl (C=O) groups is 1. The fourth-order valence-electron chi connectivity index (χ4n) is 2.37. The smallest absolute Gasteiger partial charge is 0.337 e. The van der Waals surface area contributed by atoms with E-state index in [1.165, 1.54) is 18.7 Å². The summed E-state index contributed by atoms with van der Waals surface area (Å²) >= 11 is 0. The molecule has 0 aromatic carbocycles. The van der Waals surface area contributed by atoms with Gasteiger partial charge in [0.15, 0.2) is 0 Å². The number of anilines is 2. The van der Waals surface area contributed by atoms with E-state index in [2.05, 4.69) is 29.3 Å². The molecule has 6 heteroatoms. The minimum atomic E-state index is -1.03. The van der Waals surface area contributed by atoms with Crippen LogP contribution in [-0.4, -0.2) is 47.1 Å². The van der Waals surface area contributed by atoms with E-state index in [0.29, 0.717) is 5.82 Å². The van der Waals surface area contributed by atoms with E-state index in [1.54, 1.807) is 0 Å². The molecular weight excluding hydrogens is 244 g/mol. The molecule has 4 N–H and O–H groups in total. The SMILES string of the molecule is CN(C)C1(CNc2cc(C(=O)O)c(N)cn2)CCC1. The van der Waals surface area contributed by atoms with Gasteiger partial charge in [-0.2, -0.15) is 0 Å². The van der Waals surface area contributed by atoms with Gasteiger partial charge in [0.05, 0.1) is 17.4 Å². The Kier molecular flexibility index (Phi) is 3.61. The Labute approximate surface area is 112 Å². The molecule has 1 saturated carbocycles. The third kappa shape index (κ3) is 2.63. The third-order valence-corrected chi connectivity index (χ3v) is 4.00. The zero-order chi connectivity index (χ0) is 14.0. The normalized spacial score (nSPS) is 17.0. The largest absolute Gasteiger partial charge is 0.478 e. The molecule has 1 aliphatic rings. The van der Waals surface area contributed by atoms with Crippen LogP contribution in [0.1, 0.15) is 29.6 Å². The Morgan fingerprint density at radius 1 is 1.58 bits per heavy atom. The Hall–Kier alpha value is -1.82. The lowest BCUT2D eigenvalue weighted by atomic mass is 9.75. The average Bonchev–Trinajstić information content (AvgIpc) is 2.28. The highest BCUT2D eigenvalue weighted by molar-refractivity contribution is 5.94. The maximum atomic E-state index is 11.0. The lowest BCUT2D eigenvalue weighted by Gasteiger charge is -2.47. The van der Waals surface area contributed by atoms with Gasteiger partial charge in [0.2, 0.25) is 0 Å². The Morgan fingerprint density at radius 2 is 2.26 bits per heavy atom. The van der Waals surface area contributed by atoms with Crippen molar-refractivity contribution >= 4 is 17.5 Å². The van der Waals surface area contributed by atoms with Crippen molar-refractivity contribution in [2.75, 3.05) is 31.7 Å². The minimum Gasteiger partial charge on any atom is -0.478 e. The molecule has 0 aliphatic heterocycles. The standard InChI is InChI=1S/C13H20N4O2/c1-17(2)13(4-3-5-13)8-16-11-6-9(12(18)19)10(14)7-15-11/h6-7H,3-5,8,14H2,1-2H3,(H,15,16)(H,18,19). The maximum Gasteiger partial charge on any atom is 0.337 e. The van der Waals surface area contributed by atoms with Gasteiger partial charge in [0.1, 0.15) is 5.82 Å². The number of rotatable bonds is 5. The van der Waals surface area contributed by atoms with Gasteiger partial charge in [-0.25, -0.2) is 9.78 Å². The van der Waals surface area contributed by atoms with Gasteiger partial charge >= 0.3 is 5.97 Å². The molecule has 0 saturated heterocycles. The number of pyridine rings is 1. The van der Waals surface area contributed by atoms with Crippen molar-refractivity contribution in [2.45, 2.75) is 24.8 Å². The van der Waals surface area contributed by atoms with Crippen LogP contribution in [0.5, 0.6) is 0 Å². The molecule has 0 atom stereocenters. The number of hydrogen-bond donors (Lipinski definition) is 3. The van der Waals surface area contributed by atoms with Crippen LogP contribution < -0.4 is 11.1 Å². The number of nitrogens with zero attached hydrogens (tertiary/aromatic N) is 2. The Balaban J connectivity index is 2.08. The van der Waals surface area contributed by atoms with E-state index in [4.69, 9.17) is 10.8 Å². The molecule has 19 heavy (non-hydrogen) atoms. The summed E-state index contributed by atoms with van der Waals surface area (Å²) in [4.78, 5) is 17.4. The molecule has 104 valence electrons. The number of nitrogen functional groups attached to an aromatic ring is 1. The summed E-state index contributed by atoms with van der Waals surface area (Å²) in [7, 11) is 4.14. The second-order valence-corrected chi connectivity index (χ2v) is 5.29. The van der Waals surface area contributed by atoms with E-state index < -0.39 is 5.97 Å². The predicted molar refractivity (Wildman–Crippen MR) is 74.4 cm³/mol. The van der Waals surface area contributed by atoms with Crippen molar-refractivity contribution in [3.63, 3.8) is 0 Å². The highest BCUT2D eigenvalue weighted by atomic mass is 16.4. The summed E-state index contributed by atoms with van der Waals surface area (Å²) in [5.74, 6) is -0.478. The first-order chi connectivity index (χ1) is 8.94. The van der Waals surface area contributed by atoms with Crippen LogP contribution in [-0.2, 0) is 0 Å². The Morgan fingerprint density at radius 3 is 2.74 bits per heavy atom. The van der Waals surface area contributed by atoms with E-state index in [9.17, 15) is 4.79 Å². The minimum absolute atomic E-state index is 0.0880. The molecule has 1 aromatic heterocycles. The van der Waals surface area contributed by atoms with Crippen molar-refractivity contribution in [3.05, 3.63) is 17.8 Å². The van der Waals surface area contributed by atoms with Crippen LogP contribution in [0.15, 0.2) is 12.3 Å². The van der Waals surface area contributed by atoms with E-state index >= 15 is 0 Å². The highest BCUT2D eigenvalue weighted by Gasteiger charge is 2.38. The lowest BCUT2D eigenvalue weighted by molar-refractivity contribution is 0.0698. The summed E-state index contributed by atoms with van der Waals surface area (Å²) in [6.07, 6.45) is 4.91. The summed E-state index contributed by atoms with van der Waals surface area (Å²) in [5.41, 5.74) is 6.01. The topological polar surface area (TPSA) is 91.5 Å². The number of carboxylic acid groups (broad SMARTS) is 1. The molecule has 0 bridgehead atoms. The summed E-state index contributed by atoms with van der Waals surface area (Å²) in [6, 6.07) is 1.49. The van der Waals surface area contributed by atoms with Gasteiger partial charge < -0.3 is 21.1 Å². The molecule has 0 unspecified atom stereocenters. The van der Waals surface area contributed by atoms with Crippen molar-refractivity contribution in [3.8, 4) is 0 Å². The van der Waals surface area contributed by atoms with Crippen molar-refractivity contribution in [2.24, 2.45) is 0 Å². The number of hydrogen-bond acceptors (Lipinski definition) is 5. The van der Waals surface area contributed by atoms with E-state index in [1.807, 2.05) is 0 Å². The quantitative estimate of drug-likeness (QED) is 0.741. The molecule has 0 radical (unpaired) electrons. The van der Waals surface area contributed by atoms with Gasteiger partial charge in [-0.1, -0.05) is 0 Å². The van der Waals surface area contributed by atoms with E-state index in [0.717, 1.165) is 19.4 Å². The molecule has 6 nitrogen and oxygen atoms in total. The number of likely N-dealkylation sites (N-methyl/N-ethyl adjacent to an activating group) is 1. The van der Waals surface area contributed by atoms with Crippen LogP contribution >= 0.6 is 0 Å². The molecule has 1 heterocycles. The molecule has 2 rings (SSSR count). The predicted octanol–water partition coefficient (Wildman–Crippen LogP) is 1.26. The van der Waals surface area contributed by atoms with Crippen molar-refractivity contribution in [1.82, 2.24) is 9.88 Å². The van der Waals surface area contributed by atoms with Gasteiger partial charge in [-0.15, -0.1) is 0 Å². The average molecular weight is 264 g/mol. The first-order valence-corrected chi connectivity index (χ1v) is 6.35. The van der Waals surface area contributed by atoms with Gasteiger partial charge in [-0.05, 0) is 39.4 Å². The summed E-state index contributed by atoms with van der Waals surface area (Å²) in [5, 5.41) is 12.2. The second kappa shape index (κ2) is 5.05. The zero-order valence-electron chi connectivity index (χ0n) is 11.3. The number of aromatic carboxylic acids is 1. The van der Waals surface area contributed by atoms with Crippen LogP contribution in [0, 0.1) is 0 Å². The van der Waals surface area contributed by atoms with Gasteiger partial charge in [0.25, 0.3) is 0 Å².